The zero-order valence-electron chi connectivity index (χ0n) is 14.9. The first kappa shape index (κ1) is 18.9. The molecule has 1 fully saturated rings. The summed E-state index contributed by atoms with van der Waals surface area (Å²) in [6.45, 7) is 2.04. The Kier molecular flexibility index (Phi) is 6.52. The summed E-state index contributed by atoms with van der Waals surface area (Å²) in [5, 5.41) is 2.81. The standard InChI is InChI=1S/C18H25N3O4/c1-20(2)9-4-10-21-12-14(11-16(21)22)17(23)19-15-7-5-13(6-8-15)18(24)25-3/h5-8,14H,4,9-12H2,1-3H3,(H,19,23). The van der Waals surface area contributed by atoms with Gasteiger partial charge in [0.2, 0.25) is 11.8 Å². The highest BCUT2D eigenvalue weighted by molar-refractivity contribution is 5.97. The van der Waals surface area contributed by atoms with Gasteiger partial charge in [-0.2, -0.15) is 0 Å². The Hall–Kier alpha value is -2.41. The quantitative estimate of drug-likeness (QED) is 0.750. The molecule has 0 aliphatic carbocycles. The van der Waals surface area contributed by atoms with E-state index < -0.39 is 5.97 Å². The van der Waals surface area contributed by atoms with Crippen LogP contribution >= 0.6 is 0 Å². The molecule has 1 unspecified atom stereocenters. The molecule has 0 aromatic heterocycles. The Morgan fingerprint density at radius 1 is 1.28 bits per heavy atom. The zero-order valence-corrected chi connectivity index (χ0v) is 14.9. The minimum Gasteiger partial charge on any atom is -0.465 e. The fraction of sp³-hybridized carbons (Fsp3) is 0.500. The fourth-order valence-electron chi connectivity index (χ4n) is 2.79. The molecule has 1 aromatic rings. The van der Waals surface area contributed by atoms with Gasteiger partial charge in [0.1, 0.15) is 0 Å². The summed E-state index contributed by atoms with van der Waals surface area (Å²) in [7, 11) is 5.31. The predicted molar refractivity (Wildman–Crippen MR) is 94.3 cm³/mol. The Morgan fingerprint density at radius 2 is 1.96 bits per heavy atom. The van der Waals surface area contributed by atoms with E-state index in [2.05, 4.69) is 15.0 Å². The number of ether oxygens (including phenoxy) is 1. The van der Waals surface area contributed by atoms with Crippen LogP contribution < -0.4 is 5.32 Å². The molecule has 1 aromatic carbocycles. The SMILES string of the molecule is COC(=O)c1ccc(NC(=O)C2CC(=O)N(CCCN(C)C)C2)cc1. The normalized spacial score (nSPS) is 17.0. The molecule has 1 aliphatic heterocycles. The van der Waals surface area contributed by atoms with Crippen LogP contribution in [0.4, 0.5) is 5.69 Å². The summed E-state index contributed by atoms with van der Waals surface area (Å²) >= 11 is 0. The third-order valence-electron chi connectivity index (χ3n) is 4.19. The lowest BCUT2D eigenvalue weighted by Crippen LogP contribution is -2.30. The van der Waals surface area contributed by atoms with Crippen LogP contribution in [0.3, 0.4) is 0 Å². The first-order chi connectivity index (χ1) is 11.9. The third-order valence-corrected chi connectivity index (χ3v) is 4.19. The highest BCUT2D eigenvalue weighted by Gasteiger charge is 2.33. The predicted octanol–water partition coefficient (Wildman–Crippen LogP) is 1.21. The van der Waals surface area contributed by atoms with E-state index in [1.807, 2.05) is 14.1 Å². The minimum absolute atomic E-state index is 0.0277. The van der Waals surface area contributed by atoms with Gasteiger partial charge in [0.05, 0.1) is 18.6 Å². The number of carbonyl (C=O) groups excluding carboxylic acids is 3. The van der Waals surface area contributed by atoms with Gasteiger partial charge in [-0.1, -0.05) is 0 Å². The molecule has 2 amide bonds. The van der Waals surface area contributed by atoms with E-state index >= 15 is 0 Å². The molecule has 0 radical (unpaired) electrons. The number of anilines is 1. The van der Waals surface area contributed by atoms with E-state index in [1.165, 1.54) is 7.11 Å². The third kappa shape index (κ3) is 5.29. The van der Waals surface area contributed by atoms with E-state index in [-0.39, 0.29) is 24.2 Å². The summed E-state index contributed by atoms with van der Waals surface area (Å²) in [4.78, 5) is 39.7. The van der Waals surface area contributed by atoms with Crippen molar-refractivity contribution < 1.29 is 19.1 Å². The van der Waals surface area contributed by atoms with Crippen molar-refractivity contribution in [3.63, 3.8) is 0 Å². The summed E-state index contributed by atoms with van der Waals surface area (Å²) in [6, 6.07) is 6.48. The molecule has 0 bridgehead atoms. The molecule has 7 nitrogen and oxygen atoms in total. The largest absolute Gasteiger partial charge is 0.465 e. The highest BCUT2D eigenvalue weighted by Crippen LogP contribution is 2.20. The van der Waals surface area contributed by atoms with Gasteiger partial charge in [0, 0.05) is 25.2 Å². The number of hydrogen-bond acceptors (Lipinski definition) is 5. The van der Waals surface area contributed by atoms with Crippen LogP contribution in [0.1, 0.15) is 23.2 Å². The Balaban J connectivity index is 1.86. The van der Waals surface area contributed by atoms with Gasteiger partial charge in [0.25, 0.3) is 0 Å². The monoisotopic (exact) mass is 347 g/mol. The average molecular weight is 347 g/mol. The molecule has 7 heteroatoms. The molecule has 1 heterocycles. The second-order valence-electron chi connectivity index (χ2n) is 6.46. The van der Waals surface area contributed by atoms with Crippen molar-refractivity contribution in [3.8, 4) is 0 Å². The van der Waals surface area contributed by atoms with Gasteiger partial charge in [-0.3, -0.25) is 9.59 Å². The highest BCUT2D eigenvalue weighted by atomic mass is 16.5. The number of methoxy groups -OCH3 is 1. The number of amides is 2. The Morgan fingerprint density at radius 3 is 2.56 bits per heavy atom. The molecule has 136 valence electrons. The van der Waals surface area contributed by atoms with Gasteiger partial charge < -0.3 is 19.9 Å². The summed E-state index contributed by atoms with van der Waals surface area (Å²) in [5.74, 6) is -0.908. The van der Waals surface area contributed by atoms with Crippen molar-refractivity contribution >= 4 is 23.5 Å². The van der Waals surface area contributed by atoms with Crippen LogP contribution in [0.5, 0.6) is 0 Å². The second kappa shape index (κ2) is 8.62. The number of likely N-dealkylation sites (tertiary alicyclic amines) is 1. The summed E-state index contributed by atoms with van der Waals surface area (Å²) in [6.07, 6.45) is 1.14. The lowest BCUT2D eigenvalue weighted by molar-refractivity contribution is -0.128. The number of carbonyl (C=O) groups is 3. The van der Waals surface area contributed by atoms with Crippen LogP contribution in [0.2, 0.25) is 0 Å². The zero-order chi connectivity index (χ0) is 18.4. The number of hydrogen-bond donors (Lipinski definition) is 1. The molecule has 1 saturated heterocycles. The Labute approximate surface area is 147 Å². The molecular weight excluding hydrogens is 322 g/mol. The summed E-state index contributed by atoms with van der Waals surface area (Å²) < 4.78 is 4.64. The molecule has 0 spiro atoms. The van der Waals surface area contributed by atoms with Crippen molar-refractivity contribution in [2.24, 2.45) is 5.92 Å². The molecule has 0 saturated carbocycles. The molecule has 2 rings (SSSR count). The molecular formula is C18H25N3O4. The fourth-order valence-corrected chi connectivity index (χ4v) is 2.79. The van der Waals surface area contributed by atoms with E-state index in [0.29, 0.717) is 24.3 Å². The van der Waals surface area contributed by atoms with Crippen LogP contribution in [0.25, 0.3) is 0 Å². The number of rotatable bonds is 7. The number of benzene rings is 1. The van der Waals surface area contributed by atoms with E-state index in [1.54, 1.807) is 29.2 Å². The van der Waals surface area contributed by atoms with Crippen LogP contribution in [-0.2, 0) is 14.3 Å². The van der Waals surface area contributed by atoms with Gasteiger partial charge in [-0.25, -0.2) is 4.79 Å². The van der Waals surface area contributed by atoms with Crippen molar-refractivity contribution in [1.82, 2.24) is 9.80 Å². The maximum absolute atomic E-state index is 12.4. The first-order valence-corrected chi connectivity index (χ1v) is 8.32. The topological polar surface area (TPSA) is 78.9 Å². The van der Waals surface area contributed by atoms with Gasteiger partial charge in [-0.05, 0) is 51.3 Å². The lowest BCUT2D eigenvalue weighted by Gasteiger charge is -2.18. The lowest BCUT2D eigenvalue weighted by atomic mass is 10.1. The Bertz CT molecular complexity index is 628. The van der Waals surface area contributed by atoms with Crippen LogP contribution in [-0.4, -0.2) is 68.4 Å². The van der Waals surface area contributed by atoms with Crippen molar-refractivity contribution in [2.75, 3.05) is 46.2 Å². The smallest absolute Gasteiger partial charge is 0.337 e. The molecule has 1 N–H and O–H groups in total. The van der Waals surface area contributed by atoms with E-state index in [4.69, 9.17) is 0 Å². The van der Waals surface area contributed by atoms with Gasteiger partial charge in [0.15, 0.2) is 0 Å². The van der Waals surface area contributed by atoms with Crippen molar-refractivity contribution in [3.05, 3.63) is 29.8 Å². The first-order valence-electron chi connectivity index (χ1n) is 8.32. The van der Waals surface area contributed by atoms with Gasteiger partial charge in [-0.15, -0.1) is 0 Å². The van der Waals surface area contributed by atoms with Crippen molar-refractivity contribution in [2.45, 2.75) is 12.8 Å². The van der Waals surface area contributed by atoms with Crippen molar-refractivity contribution in [1.29, 1.82) is 0 Å². The minimum atomic E-state index is -0.423. The molecule has 25 heavy (non-hydrogen) atoms. The molecule has 1 atom stereocenters. The second-order valence-corrected chi connectivity index (χ2v) is 6.46. The van der Waals surface area contributed by atoms with Crippen LogP contribution in [0.15, 0.2) is 24.3 Å². The number of nitrogens with one attached hydrogen (secondary N) is 1. The molecule has 1 aliphatic rings. The number of esters is 1. The summed E-state index contributed by atoms with van der Waals surface area (Å²) in [5.41, 5.74) is 1.01. The maximum atomic E-state index is 12.4. The number of nitrogens with zero attached hydrogens (tertiary/aromatic N) is 2. The van der Waals surface area contributed by atoms with Crippen LogP contribution in [0, 0.1) is 5.92 Å². The average Bonchev–Trinajstić information content (AvgIpc) is 2.95. The maximum Gasteiger partial charge on any atom is 0.337 e. The van der Waals surface area contributed by atoms with E-state index in [9.17, 15) is 14.4 Å². The van der Waals surface area contributed by atoms with Gasteiger partial charge >= 0.3 is 5.97 Å². The van der Waals surface area contributed by atoms with E-state index in [0.717, 1.165) is 13.0 Å².